The molecule has 0 aliphatic rings. The van der Waals surface area contributed by atoms with E-state index in [0.717, 1.165) is 25.2 Å². The predicted octanol–water partition coefficient (Wildman–Crippen LogP) is 3.94. The van der Waals surface area contributed by atoms with E-state index in [1.165, 1.54) is 10.6 Å². The first kappa shape index (κ1) is 15.3. The highest BCUT2D eigenvalue weighted by Crippen LogP contribution is 2.25. The van der Waals surface area contributed by atoms with E-state index in [2.05, 4.69) is 59.4 Å². The standard InChI is InChI=1S/C16H25N3S/c1-12(2)16(15-7-5-10-20-15)17-8-6-9-19-14(4)11-13(3)18-19/h5,7,10-12,16-17H,6,8-9H2,1-4H3. The van der Waals surface area contributed by atoms with Gasteiger partial charge < -0.3 is 5.32 Å². The molecule has 2 rings (SSSR count). The molecule has 0 aromatic carbocycles. The highest BCUT2D eigenvalue weighted by molar-refractivity contribution is 7.10. The highest BCUT2D eigenvalue weighted by Gasteiger charge is 2.15. The Bertz CT molecular complexity index is 514. The number of hydrogen-bond acceptors (Lipinski definition) is 3. The van der Waals surface area contributed by atoms with Crippen molar-refractivity contribution >= 4 is 11.3 Å². The van der Waals surface area contributed by atoms with Crippen LogP contribution in [0.5, 0.6) is 0 Å². The molecule has 0 saturated heterocycles. The summed E-state index contributed by atoms with van der Waals surface area (Å²) in [6, 6.07) is 6.96. The SMILES string of the molecule is Cc1cc(C)n(CCCNC(c2cccs2)C(C)C)n1. The fourth-order valence-electron chi connectivity index (χ4n) is 2.52. The second-order valence-corrected chi connectivity index (χ2v) is 6.67. The molecule has 4 heteroatoms. The zero-order chi connectivity index (χ0) is 14.5. The van der Waals surface area contributed by atoms with Crippen molar-refractivity contribution in [3.05, 3.63) is 39.8 Å². The molecule has 0 spiro atoms. The van der Waals surface area contributed by atoms with Crippen LogP contribution < -0.4 is 5.32 Å². The van der Waals surface area contributed by atoms with Crippen LogP contribution in [0, 0.1) is 19.8 Å². The molecule has 3 nitrogen and oxygen atoms in total. The lowest BCUT2D eigenvalue weighted by atomic mass is 10.0. The third-order valence-electron chi connectivity index (χ3n) is 3.53. The molecule has 0 aliphatic carbocycles. The second kappa shape index (κ2) is 7.04. The largest absolute Gasteiger partial charge is 0.309 e. The summed E-state index contributed by atoms with van der Waals surface area (Å²) < 4.78 is 2.10. The third-order valence-corrected chi connectivity index (χ3v) is 4.49. The number of aromatic nitrogens is 2. The van der Waals surface area contributed by atoms with Crippen molar-refractivity contribution in [3.63, 3.8) is 0 Å². The molecule has 1 N–H and O–H groups in total. The van der Waals surface area contributed by atoms with Gasteiger partial charge in [0.15, 0.2) is 0 Å². The van der Waals surface area contributed by atoms with Crippen molar-refractivity contribution in [2.45, 2.75) is 46.7 Å². The summed E-state index contributed by atoms with van der Waals surface area (Å²) in [5, 5.41) is 10.3. The molecule has 20 heavy (non-hydrogen) atoms. The second-order valence-electron chi connectivity index (χ2n) is 5.70. The lowest BCUT2D eigenvalue weighted by molar-refractivity contribution is 0.404. The Morgan fingerprint density at radius 1 is 1.35 bits per heavy atom. The van der Waals surface area contributed by atoms with E-state index in [1.54, 1.807) is 0 Å². The first-order valence-electron chi connectivity index (χ1n) is 7.35. The summed E-state index contributed by atoms with van der Waals surface area (Å²) in [6.45, 7) is 10.7. The van der Waals surface area contributed by atoms with Gasteiger partial charge in [0.1, 0.15) is 0 Å². The molecule has 0 aliphatic heterocycles. The zero-order valence-corrected chi connectivity index (χ0v) is 13.7. The molecule has 110 valence electrons. The Labute approximate surface area is 126 Å². The Balaban J connectivity index is 1.81. The van der Waals surface area contributed by atoms with Gasteiger partial charge in [0.2, 0.25) is 0 Å². The first-order valence-corrected chi connectivity index (χ1v) is 8.23. The summed E-state index contributed by atoms with van der Waals surface area (Å²) in [6.07, 6.45) is 1.11. The van der Waals surface area contributed by atoms with Crippen LogP contribution in [0.15, 0.2) is 23.6 Å². The summed E-state index contributed by atoms with van der Waals surface area (Å²) in [5.74, 6) is 0.613. The van der Waals surface area contributed by atoms with Crippen LogP contribution in [0.2, 0.25) is 0 Å². The van der Waals surface area contributed by atoms with E-state index in [1.807, 2.05) is 18.3 Å². The minimum atomic E-state index is 0.468. The van der Waals surface area contributed by atoms with Crippen LogP contribution in [-0.2, 0) is 6.54 Å². The van der Waals surface area contributed by atoms with Crippen molar-refractivity contribution in [2.75, 3.05) is 6.54 Å². The van der Waals surface area contributed by atoms with Crippen molar-refractivity contribution in [3.8, 4) is 0 Å². The zero-order valence-electron chi connectivity index (χ0n) is 12.9. The van der Waals surface area contributed by atoms with E-state index in [0.29, 0.717) is 12.0 Å². The van der Waals surface area contributed by atoms with Gasteiger partial charge in [-0.3, -0.25) is 4.68 Å². The molecule has 1 atom stereocenters. The van der Waals surface area contributed by atoms with Crippen molar-refractivity contribution < 1.29 is 0 Å². The Morgan fingerprint density at radius 2 is 2.15 bits per heavy atom. The molecular formula is C16H25N3S. The molecule has 2 heterocycles. The number of nitrogens with one attached hydrogen (secondary N) is 1. The predicted molar refractivity (Wildman–Crippen MR) is 86.2 cm³/mol. The molecule has 0 amide bonds. The Hall–Kier alpha value is -1.13. The van der Waals surface area contributed by atoms with Gasteiger partial charge in [-0.1, -0.05) is 19.9 Å². The van der Waals surface area contributed by atoms with Crippen LogP contribution in [0.4, 0.5) is 0 Å². The van der Waals surface area contributed by atoms with E-state index in [-0.39, 0.29) is 0 Å². The van der Waals surface area contributed by atoms with E-state index < -0.39 is 0 Å². The summed E-state index contributed by atoms with van der Waals surface area (Å²) in [5.41, 5.74) is 2.36. The van der Waals surface area contributed by atoms with E-state index in [9.17, 15) is 0 Å². The number of aryl methyl sites for hydroxylation is 3. The highest BCUT2D eigenvalue weighted by atomic mass is 32.1. The van der Waals surface area contributed by atoms with E-state index in [4.69, 9.17) is 0 Å². The minimum Gasteiger partial charge on any atom is -0.309 e. The molecule has 0 fully saturated rings. The number of thiophene rings is 1. The maximum absolute atomic E-state index is 4.50. The molecule has 2 aromatic heterocycles. The Kier molecular flexibility index (Phi) is 5.38. The average Bonchev–Trinajstić information content (AvgIpc) is 2.99. The van der Waals surface area contributed by atoms with Gasteiger partial charge in [-0.2, -0.15) is 5.10 Å². The van der Waals surface area contributed by atoms with Crippen molar-refractivity contribution in [2.24, 2.45) is 5.92 Å². The van der Waals surface area contributed by atoms with Gasteiger partial charge >= 0.3 is 0 Å². The third kappa shape index (κ3) is 3.93. The van der Waals surface area contributed by atoms with Crippen molar-refractivity contribution in [1.29, 1.82) is 0 Å². The summed E-state index contributed by atoms with van der Waals surface area (Å²) in [7, 11) is 0. The van der Waals surface area contributed by atoms with E-state index >= 15 is 0 Å². The Morgan fingerprint density at radius 3 is 2.70 bits per heavy atom. The molecular weight excluding hydrogens is 266 g/mol. The topological polar surface area (TPSA) is 29.9 Å². The van der Waals surface area contributed by atoms with Crippen LogP contribution >= 0.6 is 11.3 Å². The first-order chi connectivity index (χ1) is 9.58. The lowest BCUT2D eigenvalue weighted by Gasteiger charge is -2.21. The van der Waals surface area contributed by atoms with Crippen LogP contribution in [-0.4, -0.2) is 16.3 Å². The number of rotatable bonds is 7. The van der Waals surface area contributed by atoms with Gasteiger partial charge in [-0.15, -0.1) is 11.3 Å². The summed E-state index contributed by atoms with van der Waals surface area (Å²) >= 11 is 1.84. The lowest BCUT2D eigenvalue weighted by Crippen LogP contribution is -2.26. The normalized spacial score (nSPS) is 13.1. The molecule has 0 bridgehead atoms. The smallest absolute Gasteiger partial charge is 0.0596 e. The minimum absolute atomic E-state index is 0.468. The van der Waals surface area contributed by atoms with Crippen molar-refractivity contribution in [1.82, 2.24) is 15.1 Å². The number of nitrogens with zero attached hydrogens (tertiary/aromatic N) is 2. The van der Waals surface area contributed by atoms with Crippen LogP contribution in [0.3, 0.4) is 0 Å². The van der Waals surface area contributed by atoms with Gasteiger partial charge in [0.05, 0.1) is 5.69 Å². The maximum Gasteiger partial charge on any atom is 0.0596 e. The quantitative estimate of drug-likeness (QED) is 0.783. The average molecular weight is 291 g/mol. The fourth-order valence-corrected chi connectivity index (χ4v) is 3.49. The van der Waals surface area contributed by atoms with Gasteiger partial charge in [-0.05, 0) is 50.2 Å². The van der Waals surface area contributed by atoms with Crippen LogP contribution in [0.25, 0.3) is 0 Å². The fraction of sp³-hybridized carbons (Fsp3) is 0.562. The summed E-state index contributed by atoms with van der Waals surface area (Å²) in [4.78, 5) is 1.44. The van der Waals surface area contributed by atoms with Gasteiger partial charge in [0, 0.05) is 23.2 Å². The molecule has 0 saturated carbocycles. The molecule has 1 unspecified atom stereocenters. The van der Waals surface area contributed by atoms with Gasteiger partial charge in [-0.25, -0.2) is 0 Å². The van der Waals surface area contributed by atoms with Crippen LogP contribution in [0.1, 0.15) is 42.6 Å². The maximum atomic E-state index is 4.50. The van der Waals surface area contributed by atoms with Gasteiger partial charge in [0.25, 0.3) is 0 Å². The number of hydrogen-bond donors (Lipinski definition) is 1. The molecule has 2 aromatic rings. The molecule has 0 radical (unpaired) electrons. The monoisotopic (exact) mass is 291 g/mol.